The lowest BCUT2D eigenvalue weighted by molar-refractivity contribution is -0.142. The molecule has 0 radical (unpaired) electrons. The minimum atomic E-state index is -0.248. The number of fused-ring (bicyclic) bond motifs is 1. The average molecular weight is 247 g/mol. The summed E-state index contributed by atoms with van der Waals surface area (Å²) in [6, 6.07) is 1.87. The molecule has 0 saturated carbocycles. The van der Waals surface area contributed by atoms with Gasteiger partial charge in [0.15, 0.2) is 5.65 Å². The molecule has 0 aliphatic heterocycles. The first-order valence-corrected chi connectivity index (χ1v) is 6.01. The molecule has 0 fully saturated rings. The van der Waals surface area contributed by atoms with Crippen LogP contribution in [0.4, 0.5) is 0 Å². The summed E-state index contributed by atoms with van der Waals surface area (Å²) in [4.78, 5) is 15.9. The second-order valence-electron chi connectivity index (χ2n) is 4.32. The number of aromatic nitrogens is 3. The van der Waals surface area contributed by atoms with Crippen molar-refractivity contribution < 1.29 is 9.53 Å². The zero-order valence-corrected chi connectivity index (χ0v) is 11.1. The van der Waals surface area contributed by atoms with Crippen LogP contribution < -0.4 is 0 Å². The molecule has 2 heterocycles. The van der Waals surface area contributed by atoms with Gasteiger partial charge in [0.2, 0.25) is 0 Å². The van der Waals surface area contributed by atoms with Crippen LogP contribution in [0.2, 0.25) is 0 Å². The monoisotopic (exact) mass is 247 g/mol. The van der Waals surface area contributed by atoms with Crippen LogP contribution in [-0.4, -0.2) is 27.2 Å². The van der Waals surface area contributed by atoms with Crippen LogP contribution in [0.25, 0.3) is 5.65 Å². The first kappa shape index (κ1) is 12.5. The van der Waals surface area contributed by atoms with E-state index in [0.29, 0.717) is 6.61 Å². The highest BCUT2D eigenvalue weighted by molar-refractivity contribution is 5.72. The fourth-order valence-corrected chi connectivity index (χ4v) is 1.89. The Kier molecular flexibility index (Phi) is 3.32. The van der Waals surface area contributed by atoms with Crippen LogP contribution in [0, 0.1) is 20.8 Å². The van der Waals surface area contributed by atoms with E-state index in [4.69, 9.17) is 4.74 Å². The summed E-state index contributed by atoms with van der Waals surface area (Å²) in [6.45, 7) is 8.08. The van der Waals surface area contributed by atoms with Gasteiger partial charge in [0, 0.05) is 11.3 Å². The molecule has 5 heteroatoms. The highest BCUT2D eigenvalue weighted by atomic mass is 16.5. The summed E-state index contributed by atoms with van der Waals surface area (Å²) >= 11 is 0. The maximum atomic E-state index is 11.5. The molecule has 96 valence electrons. The number of carbonyl (C=O) groups is 1. The molecule has 0 saturated heterocycles. The van der Waals surface area contributed by atoms with Crippen molar-refractivity contribution in [3.63, 3.8) is 0 Å². The number of aryl methyl sites for hydroxylation is 3. The molecule has 2 rings (SSSR count). The van der Waals surface area contributed by atoms with Crippen LogP contribution in [0.3, 0.4) is 0 Å². The van der Waals surface area contributed by atoms with E-state index in [1.807, 2.05) is 26.8 Å². The number of hydrogen-bond acceptors (Lipinski definition) is 4. The van der Waals surface area contributed by atoms with Crippen molar-refractivity contribution in [3.8, 4) is 0 Å². The van der Waals surface area contributed by atoms with Gasteiger partial charge in [-0.3, -0.25) is 4.79 Å². The van der Waals surface area contributed by atoms with Crippen molar-refractivity contribution in [2.75, 3.05) is 6.61 Å². The number of ether oxygens (including phenoxy) is 1. The largest absolute Gasteiger partial charge is 0.466 e. The Bertz CT molecular complexity index is 602. The van der Waals surface area contributed by atoms with Crippen LogP contribution in [0.1, 0.15) is 29.6 Å². The molecule has 0 amide bonds. The van der Waals surface area contributed by atoms with E-state index in [0.717, 1.165) is 28.3 Å². The summed E-state index contributed by atoms with van der Waals surface area (Å²) in [5.41, 5.74) is 4.51. The lowest BCUT2D eigenvalue weighted by atomic mass is 10.2. The second-order valence-corrected chi connectivity index (χ2v) is 4.32. The summed E-state index contributed by atoms with van der Waals surface area (Å²) in [6.07, 6.45) is 0.203. The lowest BCUT2D eigenvalue weighted by Crippen LogP contribution is -2.10. The molecule has 2 aromatic heterocycles. The number of rotatable bonds is 3. The maximum absolute atomic E-state index is 11.5. The van der Waals surface area contributed by atoms with Gasteiger partial charge >= 0.3 is 5.97 Å². The normalized spacial score (nSPS) is 10.9. The van der Waals surface area contributed by atoms with Gasteiger partial charge in [-0.1, -0.05) is 0 Å². The Hall–Kier alpha value is -1.91. The lowest BCUT2D eigenvalue weighted by Gasteiger charge is -2.05. The van der Waals surface area contributed by atoms with Crippen molar-refractivity contribution in [1.29, 1.82) is 0 Å². The van der Waals surface area contributed by atoms with Gasteiger partial charge in [0.05, 0.1) is 24.4 Å². The Morgan fingerprint density at radius 2 is 2.11 bits per heavy atom. The van der Waals surface area contributed by atoms with Crippen LogP contribution in [0.5, 0.6) is 0 Å². The molecule has 0 spiro atoms. The fourth-order valence-electron chi connectivity index (χ4n) is 1.89. The molecule has 0 bridgehead atoms. The molecule has 0 aliphatic carbocycles. The van der Waals surface area contributed by atoms with Gasteiger partial charge in [-0.15, -0.1) is 0 Å². The van der Waals surface area contributed by atoms with E-state index in [9.17, 15) is 4.79 Å². The van der Waals surface area contributed by atoms with Gasteiger partial charge in [-0.25, -0.2) is 9.50 Å². The first-order valence-electron chi connectivity index (χ1n) is 6.01. The van der Waals surface area contributed by atoms with Crippen molar-refractivity contribution in [3.05, 3.63) is 28.7 Å². The summed E-state index contributed by atoms with van der Waals surface area (Å²) in [5, 5.41) is 4.41. The quantitative estimate of drug-likeness (QED) is 0.775. The average Bonchev–Trinajstić information content (AvgIpc) is 2.57. The fraction of sp³-hybridized carbons (Fsp3) is 0.462. The minimum absolute atomic E-state index is 0.203. The van der Waals surface area contributed by atoms with Crippen LogP contribution in [0.15, 0.2) is 6.07 Å². The first-order chi connectivity index (χ1) is 8.52. The van der Waals surface area contributed by atoms with E-state index in [1.54, 1.807) is 11.4 Å². The van der Waals surface area contributed by atoms with Crippen LogP contribution >= 0.6 is 0 Å². The predicted octanol–water partition coefficient (Wildman–Crippen LogP) is 1.76. The second kappa shape index (κ2) is 4.76. The molecule has 2 aromatic rings. The number of carbonyl (C=O) groups excluding carboxylic acids is 1. The molecule has 0 N–H and O–H groups in total. The van der Waals surface area contributed by atoms with Gasteiger partial charge in [0.1, 0.15) is 0 Å². The highest BCUT2D eigenvalue weighted by Gasteiger charge is 2.12. The SMILES string of the molecule is CCOC(=O)Cc1cc(C)n2nc(C)c(C)c2n1. The smallest absolute Gasteiger partial charge is 0.311 e. The summed E-state index contributed by atoms with van der Waals surface area (Å²) in [7, 11) is 0. The molecule has 0 atom stereocenters. The maximum Gasteiger partial charge on any atom is 0.311 e. The summed E-state index contributed by atoms with van der Waals surface area (Å²) in [5.74, 6) is -0.248. The standard InChI is InChI=1S/C13H17N3O2/c1-5-18-12(17)7-11-6-8(2)16-13(14-11)9(3)10(4)15-16/h6H,5,7H2,1-4H3. The van der Waals surface area contributed by atoms with Crippen molar-refractivity contribution in [2.24, 2.45) is 0 Å². The van der Waals surface area contributed by atoms with E-state index >= 15 is 0 Å². The molecule has 0 unspecified atom stereocenters. The third kappa shape index (κ3) is 2.20. The Labute approximate surface area is 106 Å². The topological polar surface area (TPSA) is 56.5 Å². The molecular formula is C13H17N3O2. The van der Waals surface area contributed by atoms with E-state index < -0.39 is 0 Å². The van der Waals surface area contributed by atoms with Gasteiger partial charge in [-0.05, 0) is 33.8 Å². The van der Waals surface area contributed by atoms with Gasteiger partial charge in [-0.2, -0.15) is 5.10 Å². The molecule has 0 aliphatic rings. The third-order valence-corrected chi connectivity index (χ3v) is 2.92. The molecule has 18 heavy (non-hydrogen) atoms. The van der Waals surface area contributed by atoms with E-state index in [1.165, 1.54) is 0 Å². The minimum Gasteiger partial charge on any atom is -0.466 e. The van der Waals surface area contributed by atoms with Crippen LogP contribution in [-0.2, 0) is 16.0 Å². The van der Waals surface area contributed by atoms with Gasteiger partial charge < -0.3 is 4.74 Å². The van der Waals surface area contributed by atoms with Crippen molar-refractivity contribution in [2.45, 2.75) is 34.1 Å². The van der Waals surface area contributed by atoms with Gasteiger partial charge in [0.25, 0.3) is 0 Å². The molecule has 0 aromatic carbocycles. The van der Waals surface area contributed by atoms with E-state index in [-0.39, 0.29) is 12.4 Å². The number of nitrogens with zero attached hydrogens (tertiary/aromatic N) is 3. The Balaban J connectivity index is 2.42. The Morgan fingerprint density at radius 3 is 2.78 bits per heavy atom. The predicted molar refractivity (Wildman–Crippen MR) is 67.5 cm³/mol. The molecular weight excluding hydrogens is 230 g/mol. The zero-order valence-electron chi connectivity index (χ0n) is 11.1. The van der Waals surface area contributed by atoms with Crippen molar-refractivity contribution >= 4 is 11.6 Å². The number of hydrogen-bond donors (Lipinski definition) is 0. The summed E-state index contributed by atoms with van der Waals surface area (Å²) < 4.78 is 6.74. The highest BCUT2D eigenvalue weighted by Crippen LogP contribution is 2.15. The van der Waals surface area contributed by atoms with E-state index in [2.05, 4.69) is 10.1 Å². The zero-order chi connectivity index (χ0) is 13.3. The number of esters is 1. The Morgan fingerprint density at radius 1 is 1.39 bits per heavy atom. The molecule has 5 nitrogen and oxygen atoms in total. The third-order valence-electron chi connectivity index (χ3n) is 2.92. The van der Waals surface area contributed by atoms with Crippen molar-refractivity contribution in [1.82, 2.24) is 14.6 Å².